The number of fused-ring (bicyclic) bond motifs is 9. The first-order chi connectivity index (χ1) is 17.3. The fourth-order valence-electron chi connectivity index (χ4n) is 6.48. The molecule has 0 spiro atoms. The van der Waals surface area contributed by atoms with E-state index in [9.17, 15) is 0 Å². The van der Waals surface area contributed by atoms with Crippen molar-refractivity contribution in [3.05, 3.63) is 102 Å². The molecule has 3 heteroatoms. The molecule has 6 aromatic carbocycles. The van der Waals surface area contributed by atoms with Crippen molar-refractivity contribution in [2.75, 3.05) is 0 Å². The van der Waals surface area contributed by atoms with Crippen LogP contribution in [0, 0.1) is 0 Å². The van der Waals surface area contributed by atoms with Crippen LogP contribution in [0.2, 0.25) is 0 Å². The van der Waals surface area contributed by atoms with Crippen molar-refractivity contribution in [3.8, 4) is 27.9 Å². The molecule has 9 rings (SSSR count). The zero-order valence-electron chi connectivity index (χ0n) is 18.5. The maximum absolute atomic E-state index is 3.79. The molecule has 0 unspecified atom stereocenters. The molecule has 0 bridgehead atoms. The van der Waals surface area contributed by atoms with Gasteiger partial charge >= 0.3 is 0 Å². The molecule has 162 valence electrons. The molecule has 0 N–H and O–H groups in total. The minimum atomic E-state index is 1.13. The van der Waals surface area contributed by atoms with E-state index in [1.165, 1.54) is 81.1 Å². The van der Waals surface area contributed by atoms with E-state index in [2.05, 4.69) is 118 Å². The van der Waals surface area contributed by atoms with Crippen molar-refractivity contribution in [1.29, 1.82) is 0 Å². The van der Waals surface area contributed by atoms with Crippen molar-refractivity contribution in [2.24, 2.45) is 0 Å². The topological polar surface area (TPSA) is 4.93 Å². The predicted molar refractivity (Wildman–Crippen MR) is 152 cm³/mol. The molecule has 0 fully saturated rings. The molecule has 3 heterocycles. The van der Waals surface area contributed by atoms with Crippen molar-refractivity contribution in [2.45, 2.75) is 9.79 Å². The summed E-state index contributed by atoms with van der Waals surface area (Å²) in [7, 11) is 0. The van der Waals surface area contributed by atoms with Gasteiger partial charge in [0.15, 0.2) is 0 Å². The van der Waals surface area contributed by atoms with E-state index in [4.69, 9.17) is 0 Å². The Kier molecular flexibility index (Phi) is 3.41. The lowest BCUT2D eigenvalue weighted by atomic mass is 9.85. The smallest absolute Gasteiger partial charge is 0.0682 e. The fraction of sp³-hybridized carbons (Fsp3) is 0. The number of hydrogen-bond acceptors (Lipinski definition) is 1. The summed E-state index contributed by atoms with van der Waals surface area (Å²) >= 11 is 5.68. The molecule has 0 atom stereocenters. The van der Waals surface area contributed by atoms with Gasteiger partial charge in [0, 0.05) is 47.3 Å². The third-order valence-corrected chi connectivity index (χ3v) is 9.27. The molecule has 2 aliphatic rings. The van der Waals surface area contributed by atoms with Gasteiger partial charge in [-0.2, -0.15) is 0 Å². The zero-order chi connectivity index (χ0) is 22.8. The van der Waals surface area contributed by atoms with Gasteiger partial charge in [0.2, 0.25) is 0 Å². The number of rotatable bonds is 0. The Bertz CT molecular complexity index is 2100. The minimum absolute atomic E-state index is 1.13. The SMILES string of the molecule is Brc1cc2c3c(c1)c1cccc4c1n3-c1c(cccc1-c1c-4c3ccccc3c3ccccc13)S2. The molecule has 0 amide bonds. The molecule has 0 saturated carbocycles. The van der Waals surface area contributed by atoms with Crippen molar-refractivity contribution >= 4 is 71.0 Å². The Hall–Kier alpha value is -3.53. The standard InChI is InChI=1S/C32H16BrNS/c33-17-15-25-22-11-5-12-23-28-20-9-3-1-7-18(20)19-8-2-4-10-21(19)29(28)24-13-6-14-26-31(24)34(30(22)23)32(25)27(16-17)35-26/h1-16H. The predicted octanol–water partition coefficient (Wildman–Crippen LogP) is 9.96. The van der Waals surface area contributed by atoms with Gasteiger partial charge in [0.05, 0.1) is 16.7 Å². The van der Waals surface area contributed by atoms with Crippen LogP contribution in [0.3, 0.4) is 0 Å². The zero-order valence-corrected chi connectivity index (χ0v) is 20.9. The van der Waals surface area contributed by atoms with E-state index >= 15 is 0 Å². The van der Waals surface area contributed by atoms with E-state index in [0.29, 0.717) is 0 Å². The van der Waals surface area contributed by atoms with Crippen LogP contribution in [0.1, 0.15) is 0 Å². The molecular formula is C32H16BrNS. The number of hydrogen-bond donors (Lipinski definition) is 0. The highest BCUT2D eigenvalue weighted by Gasteiger charge is 2.32. The second-order valence-electron chi connectivity index (χ2n) is 9.43. The monoisotopic (exact) mass is 525 g/mol. The maximum Gasteiger partial charge on any atom is 0.0682 e. The van der Waals surface area contributed by atoms with Gasteiger partial charge in [0.1, 0.15) is 0 Å². The molecule has 0 aliphatic carbocycles. The van der Waals surface area contributed by atoms with Crippen LogP contribution in [0.15, 0.2) is 111 Å². The van der Waals surface area contributed by atoms with Crippen molar-refractivity contribution in [1.82, 2.24) is 4.57 Å². The highest BCUT2D eigenvalue weighted by atomic mass is 79.9. The second-order valence-corrected chi connectivity index (χ2v) is 11.4. The van der Waals surface area contributed by atoms with Gasteiger partial charge in [-0.05, 0) is 39.7 Å². The van der Waals surface area contributed by atoms with E-state index in [1.54, 1.807) is 0 Å². The summed E-state index contributed by atoms with van der Waals surface area (Å²) in [6.45, 7) is 0. The number of para-hydroxylation sites is 2. The highest BCUT2D eigenvalue weighted by Crippen LogP contribution is 2.57. The van der Waals surface area contributed by atoms with Crippen LogP contribution < -0.4 is 0 Å². The summed E-state index contributed by atoms with van der Waals surface area (Å²) in [6.07, 6.45) is 0. The number of halogens is 1. The highest BCUT2D eigenvalue weighted by molar-refractivity contribution is 9.10. The molecular weight excluding hydrogens is 510 g/mol. The van der Waals surface area contributed by atoms with Crippen LogP contribution >= 0.6 is 27.7 Å². The number of nitrogens with zero attached hydrogens (tertiary/aromatic N) is 1. The van der Waals surface area contributed by atoms with Gasteiger partial charge in [-0.3, -0.25) is 0 Å². The largest absolute Gasteiger partial charge is 0.306 e. The first-order valence-electron chi connectivity index (χ1n) is 11.8. The van der Waals surface area contributed by atoms with E-state index < -0.39 is 0 Å². The first kappa shape index (κ1) is 18.8. The minimum Gasteiger partial charge on any atom is -0.306 e. The lowest BCUT2D eigenvalue weighted by Gasteiger charge is -2.23. The molecule has 0 radical (unpaired) electrons. The lowest BCUT2D eigenvalue weighted by molar-refractivity contribution is 1.10. The van der Waals surface area contributed by atoms with Gasteiger partial charge in [-0.1, -0.05) is 107 Å². The summed E-state index contributed by atoms with van der Waals surface area (Å²) in [5.74, 6) is 0. The summed E-state index contributed by atoms with van der Waals surface area (Å²) < 4.78 is 3.69. The Morgan fingerprint density at radius 2 is 1.14 bits per heavy atom. The Labute approximate surface area is 214 Å². The molecule has 35 heavy (non-hydrogen) atoms. The summed E-state index contributed by atoms with van der Waals surface area (Å²) in [5, 5.41) is 7.89. The van der Waals surface area contributed by atoms with Gasteiger partial charge < -0.3 is 4.57 Å². The van der Waals surface area contributed by atoms with E-state index in [1.807, 2.05) is 11.8 Å². The summed E-state index contributed by atoms with van der Waals surface area (Å²) in [6, 6.07) is 36.1. The summed E-state index contributed by atoms with van der Waals surface area (Å²) in [4.78, 5) is 2.62. The van der Waals surface area contributed by atoms with E-state index in [0.717, 1.165) is 4.47 Å². The van der Waals surface area contributed by atoms with Crippen molar-refractivity contribution < 1.29 is 0 Å². The lowest BCUT2D eigenvalue weighted by Crippen LogP contribution is -2.03. The molecule has 1 aromatic heterocycles. The van der Waals surface area contributed by atoms with Crippen LogP contribution in [0.5, 0.6) is 0 Å². The van der Waals surface area contributed by atoms with Gasteiger partial charge in [-0.15, -0.1) is 0 Å². The number of aromatic nitrogens is 1. The van der Waals surface area contributed by atoms with Crippen LogP contribution in [0.4, 0.5) is 0 Å². The maximum atomic E-state index is 3.79. The average Bonchev–Trinajstić information content (AvgIpc) is 3.15. The number of benzene rings is 6. The first-order valence-corrected chi connectivity index (χ1v) is 13.4. The van der Waals surface area contributed by atoms with Crippen molar-refractivity contribution in [3.63, 3.8) is 0 Å². The third kappa shape index (κ3) is 2.18. The Morgan fingerprint density at radius 1 is 0.514 bits per heavy atom. The quantitative estimate of drug-likeness (QED) is 0.178. The Morgan fingerprint density at radius 3 is 1.91 bits per heavy atom. The second kappa shape index (κ2) is 6.37. The van der Waals surface area contributed by atoms with E-state index in [-0.39, 0.29) is 0 Å². The molecule has 0 saturated heterocycles. The van der Waals surface area contributed by atoms with Crippen LogP contribution in [-0.2, 0) is 0 Å². The molecule has 1 nitrogen and oxygen atoms in total. The third-order valence-electron chi connectivity index (χ3n) is 7.73. The summed E-state index contributed by atoms with van der Waals surface area (Å²) in [5.41, 5.74) is 9.28. The normalized spacial score (nSPS) is 13.2. The molecule has 2 aliphatic heterocycles. The van der Waals surface area contributed by atoms with Crippen LogP contribution in [0.25, 0.3) is 71.3 Å². The molecule has 7 aromatic rings. The van der Waals surface area contributed by atoms with Gasteiger partial charge in [-0.25, -0.2) is 0 Å². The average molecular weight is 526 g/mol. The Balaban J connectivity index is 1.68. The van der Waals surface area contributed by atoms with Gasteiger partial charge in [0.25, 0.3) is 0 Å². The van der Waals surface area contributed by atoms with Crippen LogP contribution in [-0.4, -0.2) is 4.57 Å². The fourth-order valence-corrected chi connectivity index (χ4v) is 8.26.